The molecule has 0 saturated heterocycles. The van der Waals surface area contributed by atoms with Gasteiger partial charge in [-0.25, -0.2) is 4.98 Å². The Balaban J connectivity index is 2.68. The number of anilines is 2. The third-order valence-corrected chi connectivity index (χ3v) is 2.30. The van der Waals surface area contributed by atoms with Crippen LogP contribution >= 0.6 is 0 Å². The SMILES string of the molecule is CC(O)CCN(C)c1ccnc(N(C)C)n1. The summed E-state index contributed by atoms with van der Waals surface area (Å²) >= 11 is 0. The van der Waals surface area contributed by atoms with E-state index in [2.05, 4.69) is 9.97 Å². The van der Waals surface area contributed by atoms with E-state index < -0.39 is 0 Å². The minimum atomic E-state index is -0.280. The van der Waals surface area contributed by atoms with Gasteiger partial charge in [0.25, 0.3) is 0 Å². The second-order valence-electron chi connectivity index (χ2n) is 4.17. The molecule has 0 aliphatic heterocycles. The number of rotatable bonds is 5. The van der Waals surface area contributed by atoms with E-state index in [0.29, 0.717) is 5.95 Å². The molecule has 0 aliphatic rings. The summed E-state index contributed by atoms with van der Waals surface area (Å²) in [5, 5.41) is 9.22. The van der Waals surface area contributed by atoms with Crippen LogP contribution < -0.4 is 9.80 Å². The Morgan fingerprint density at radius 2 is 2.06 bits per heavy atom. The van der Waals surface area contributed by atoms with Gasteiger partial charge in [-0.15, -0.1) is 0 Å². The van der Waals surface area contributed by atoms with Gasteiger partial charge in [0, 0.05) is 33.9 Å². The van der Waals surface area contributed by atoms with Gasteiger partial charge < -0.3 is 14.9 Å². The Hall–Kier alpha value is -1.36. The highest BCUT2D eigenvalue weighted by atomic mass is 16.3. The van der Waals surface area contributed by atoms with E-state index in [0.717, 1.165) is 18.8 Å². The first-order valence-corrected chi connectivity index (χ1v) is 5.40. The first-order valence-electron chi connectivity index (χ1n) is 5.40. The summed E-state index contributed by atoms with van der Waals surface area (Å²) in [5.41, 5.74) is 0. The van der Waals surface area contributed by atoms with Crippen molar-refractivity contribution in [1.82, 2.24) is 9.97 Å². The van der Waals surface area contributed by atoms with Crippen LogP contribution in [0.15, 0.2) is 12.3 Å². The molecule has 1 rings (SSSR count). The van der Waals surface area contributed by atoms with Gasteiger partial charge in [-0.1, -0.05) is 0 Å². The summed E-state index contributed by atoms with van der Waals surface area (Å²) < 4.78 is 0. The number of aliphatic hydroxyl groups excluding tert-OH is 1. The summed E-state index contributed by atoms with van der Waals surface area (Å²) in [6, 6.07) is 1.87. The van der Waals surface area contributed by atoms with Gasteiger partial charge in [-0.3, -0.25) is 0 Å². The lowest BCUT2D eigenvalue weighted by Crippen LogP contribution is -2.23. The Kier molecular flexibility index (Phi) is 4.49. The van der Waals surface area contributed by atoms with Crippen molar-refractivity contribution in [1.29, 1.82) is 0 Å². The molecule has 1 aromatic heterocycles. The van der Waals surface area contributed by atoms with Crippen molar-refractivity contribution in [2.45, 2.75) is 19.4 Å². The minimum Gasteiger partial charge on any atom is -0.393 e. The maximum Gasteiger partial charge on any atom is 0.226 e. The van der Waals surface area contributed by atoms with Crippen molar-refractivity contribution in [2.75, 3.05) is 37.5 Å². The number of nitrogens with zero attached hydrogens (tertiary/aromatic N) is 4. The van der Waals surface area contributed by atoms with Crippen LogP contribution in [0.2, 0.25) is 0 Å². The average molecular weight is 224 g/mol. The fraction of sp³-hybridized carbons (Fsp3) is 0.636. The maximum absolute atomic E-state index is 9.22. The van der Waals surface area contributed by atoms with E-state index in [1.54, 1.807) is 13.1 Å². The number of aromatic nitrogens is 2. The van der Waals surface area contributed by atoms with Crippen molar-refractivity contribution in [3.05, 3.63) is 12.3 Å². The van der Waals surface area contributed by atoms with Crippen LogP contribution in [0.4, 0.5) is 11.8 Å². The molecule has 1 atom stereocenters. The van der Waals surface area contributed by atoms with Crippen LogP contribution in [0, 0.1) is 0 Å². The molecule has 0 aromatic carbocycles. The van der Waals surface area contributed by atoms with Crippen molar-refractivity contribution in [3.8, 4) is 0 Å². The van der Waals surface area contributed by atoms with E-state index in [4.69, 9.17) is 0 Å². The average Bonchev–Trinajstić information content (AvgIpc) is 2.26. The van der Waals surface area contributed by atoms with Gasteiger partial charge in [-0.2, -0.15) is 4.98 Å². The zero-order valence-corrected chi connectivity index (χ0v) is 10.4. The lowest BCUT2D eigenvalue weighted by Gasteiger charge is -2.20. The third-order valence-electron chi connectivity index (χ3n) is 2.30. The standard InChI is InChI=1S/C11H20N4O/c1-9(16)6-8-15(4)10-5-7-12-11(13-10)14(2)3/h5,7,9,16H,6,8H2,1-4H3. The number of hydrogen-bond acceptors (Lipinski definition) is 5. The molecule has 1 unspecified atom stereocenters. The summed E-state index contributed by atoms with van der Waals surface area (Å²) in [7, 11) is 5.79. The van der Waals surface area contributed by atoms with Crippen LogP contribution in [-0.4, -0.2) is 48.9 Å². The van der Waals surface area contributed by atoms with Gasteiger partial charge in [0.05, 0.1) is 6.10 Å². The predicted octanol–water partition coefficient (Wildman–Crippen LogP) is 0.750. The zero-order chi connectivity index (χ0) is 12.1. The Morgan fingerprint density at radius 1 is 1.38 bits per heavy atom. The topological polar surface area (TPSA) is 52.5 Å². The van der Waals surface area contributed by atoms with E-state index in [1.807, 2.05) is 37.0 Å². The van der Waals surface area contributed by atoms with Crippen molar-refractivity contribution in [2.24, 2.45) is 0 Å². The monoisotopic (exact) mass is 224 g/mol. The van der Waals surface area contributed by atoms with Crippen LogP contribution in [0.1, 0.15) is 13.3 Å². The largest absolute Gasteiger partial charge is 0.393 e. The second kappa shape index (κ2) is 5.65. The zero-order valence-electron chi connectivity index (χ0n) is 10.4. The molecule has 0 bridgehead atoms. The van der Waals surface area contributed by atoms with Gasteiger partial charge in [0.15, 0.2) is 0 Å². The highest BCUT2D eigenvalue weighted by Gasteiger charge is 2.06. The fourth-order valence-corrected chi connectivity index (χ4v) is 1.26. The van der Waals surface area contributed by atoms with E-state index >= 15 is 0 Å². The molecule has 0 saturated carbocycles. The second-order valence-corrected chi connectivity index (χ2v) is 4.17. The van der Waals surface area contributed by atoms with Crippen LogP contribution in [0.25, 0.3) is 0 Å². The number of aliphatic hydroxyl groups is 1. The third kappa shape index (κ3) is 3.66. The van der Waals surface area contributed by atoms with Gasteiger partial charge in [-0.05, 0) is 19.4 Å². The molecule has 5 heteroatoms. The van der Waals surface area contributed by atoms with E-state index in [-0.39, 0.29) is 6.10 Å². The van der Waals surface area contributed by atoms with Gasteiger partial charge >= 0.3 is 0 Å². The van der Waals surface area contributed by atoms with E-state index in [9.17, 15) is 5.11 Å². The molecular weight excluding hydrogens is 204 g/mol. The maximum atomic E-state index is 9.22. The van der Waals surface area contributed by atoms with E-state index in [1.165, 1.54) is 0 Å². The fourth-order valence-electron chi connectivity index (χ4n) is 1.26. The Labute approximate surface area is 96.7 Å². The number of hydrogen-bond donors (Lipinski definition) is 1. The smallest absolute Gasteiger partial charge is 0.226 e. The van der Waals surface area contributed by atoms with Crippen LogP contribution in [0.3, 0.4) is 0 Å². The molecule has 1 heterocycles. The lowest BCUT2D eigenvalue weighted by molar-refractivity contribution is 0.187. The summed E-state index contributed by atoms with van der Waals surface area (Å²) in [6.07, 6.45) is 2.20. The predicted molar refractivity (Wildman–Crippen MR) is 65.9 cm³/mol. The molecule has 90 valence electrons. The summed E-state index contributed by atoms with van der Waals surface area (Å²) in [4.78, 5) is 12.4. The minimum absolute atomic E-state index is 0.280. The molecular formula is C11H20N4O. The molecule has 5 nitrogen and oxygen atoms in total. The first-order chi connectivity index (χ1) is 7.50. The molecule has 0 spiro atoms. The first kappa shape index (κ1) is 12.7. The highest BCUT2D eigenvalue weighted by Crippen LogP contribution is 2.12. The molecule has 1 N–H and O–H groups in total. The normalized spacial score (nSPS) is 12.3. The quantitative estimate of drug-likeness (QED) is 0.800. The molecule has 16 heavy (non-hydrogen) atoms. The Bertz CT molecular complexity index is 328. The summed E-state index contributed by atoms with van der Waals surface area (Å²) in [6.45, 7) is 2.57. The van der Waals surface area contributed by atoms with Crippen molar-refractivity contribution in [3.63, 3.8) is 0 Å². The molecule has 1 aromatic rings. The highest BCUT2D eigenvalue weighted by molar-refractivity contribution is 5.42. The molecule has 0 aliphatic carbocycles. The Morgan fingerprint density at radius 3 is 2.62 bits per heavy atom. The van der Waals surface area contributed by atoms with Gasteiger partial charge in [0.1, 0.15) is 5.82 Å². The van der Waals surface area contributed by atoms with Gasteiger partial charge in [0.2, 0.25) is 5.95 Å². The molecule has 0 amide bonds. The molecule has 0 fully saturated rings. The van der Waals surface area contributed by atoms with Crippen molar-refractivity contribution < 1.29 is 5.11 Å². The van der Waals surface area contributed by atoms with Crippen LogP contribution in [-0.2, 0) is 0 Å². The summed E-state index contributed by atoms with van der Waals surface area (Å²) in [5.74, 6) is 1.57. The van der Waals surface area contributed by atoms with Crippen molar-refractivity contribution >= 4 is 11.8 Å². The molecule has 0 radical (unpaired) electrons. The lowest BCUT2D eigenvalue weighted by atomic mass is 10.3. The van der Waals surface area contributed by atoms with Crippen LogP contribution in [0.5, 0.6) is 0 Å².